The highest BCUT2D eigenvalue weighted by Crippen LogP contribution is 2.23. The molecule has 0 bridgehead atoms. The maximum Gasteiger partial charge on any atom is 0.160 e. The van der Waals surface area contributed by atoms with Gasteiger partial charge in [-0.1, -0.05) is 0 Å². The monoisotopic (exact) mass is 383 g/mol. The fraction of sp³-hybridized carbons (Fsp3) is 0.438. The Morgan fingerprint density at radius 1 is 1.28 bits per heavy atom. The number of nitrogens with one attached hydrogen (secondary N) is 2. The standard InChI is InChI=1S/C16H21N7.2ClH/c1-11-7-13(20-19-11)8-12(2)22-5-4-18-16(22)15-9-14-10-17-3-6-23(14)21-15;;/h4-5,7,9,12,17H,3,6,8,10H2,1-2H3,(H,19,20);2*1H. The molecule has 3 aromatic rings. The second kappa shape index (κ2) is 8.03. The SMILES string of the molecule is Cc1cc(CC(C)n2ccnc2-c2cc3n(n2)CCNC3)n[nH]1.Cl.Cl. The Labute approximate surface area is 159 Å². The highest BCUT2D eigenvalue weighted by Gasteiger charge is 2.18. The molecule has 0 spiro atoms. The van der Waals surface area contributed by atoms with E-state index in [2.05, 4.69) is 48.8 Å². The number of fused-ring (bicyclic) bond motifs is 1. The predicted octanol–water partition coefficient (Wildman–Crippen LogP) is 2.53. The van der Waals surface area contributed by atoms with Gasteiger partial charge in [0.05, 0.1) is 17.9 Å². The number of imidazole rings is 1. The second-order valence-corrected chi connectivity index (χ2v) is 6.17. The van der Waals surface area contributed by atoms with E-state index in [9.17, 15) is 0 Å². The number of aromatic amines is 1. The van der Waals surface area contributed by atoms with Crippen molar-refractivity contribution in [2.24, 2.45) is 0 Å². The van der Waals surface area contributed by atoms with Crippen LogP contribution in [-0.4, -0.2) is 36.1 Å². The average molecular weight is 384 g/mol. The summed E-state index contributed by atoms with van der Waals surface area (Å²) in [5, 5.41) is 15.4. The molecule has 0 amide bonds. The molecule has 7 nitrogen and oxygen atoms in total. The van der Waals surface area contributed by atoms with Crippen molar-refractivity contribution < 1.29 is 0 Å². The molecular weight excluding hydrogens is 361 g/mol. The number of halogens is 2. The van der Waals surface area contributed by atoms with E-state index >= 15 is 0 Å². The van der Waals surface area contributed by atoms with E-state index in [0.29, 0.717) is 0 Å². The van der Waals surface area contributed by atoms with Crippen LogP contribution in [0, 0.1) is 6.92 Å². The first-order valence-corrected chi connectivity index (χ1v) is 8.02. The minimum atomic E-state index is 0. The molecule has 3 aromatic heterocycles. The van der Waals surface area contributed by atoms with Gasteiger partial charge in [-0.3, -0.25) is 9.78 Å². The molecular formula is C16H23Cl2N7. The van der Waals surface area contributed by atoms with Crippen LogP contribution < -0.4 is 5.32 Å². The summed E-state index contributed by atoms with van der Waals surface area (Å²) in [4.78, 5) is 4.54. The fourth-order valence-electron chi connectivity index (χ4n) is 3.15. The van der Waals surface area contributed by atoms with E-state index in [1.54, 1.807) is 0 Å². The molecule has 4 rings (SSSR count). The normalized spacial score (nSPS) is 14.3. The molecule has 1 aliphatic heterocycles. The molecule has 4 heterocycles. The molecule has 0 aromatic carbocycles. The van der Waals surface area contributed by atoms with E-state index in [1.165, 1.54) is 5.69 Å². The molecule has 25 heavy (non-hydrogen) atoms. The van der Waals surface area contributed by atoms with Crippen molar-refractivity contribution in [2.45, 2.75) is 39.4 Å². The Hall–Kier alpha value is -1.83. The van der Waals surface area contributed by atoms with Crippen molar-refractivity contribution in [3.05, 3.63) is 41.6 Å². The number of rotatable bonds is 4. The third-order valence-corrected chi connectivity index (χ3v) is 4.31. The third-order valence-electron chi connectivity index (χ3n) is 4.31. The van der Waals surface area contributed by atoms with Gasteiger partial charge in [-0.2, -0.15) is 10.2 Å². The van der Waals surface area contributed by atoms with Crippen LogP contribution in [0.3, 0.4) is 0 Å². The summed E-state index contributed by atoms with van der Waals surface area (Å²) in [7, 11) is 0. The van der Waals surface area contributed by atoms with Gasteiger partial charge in [0.1, 0.15) is 5.69 Å². The molecule has 1 aliphatic rings. The Kier molecular flexibility index (Phi) is 6.26. The van der Waals surface area contributed by atoms with Gasteiger partial charge in [-0.05, 0) is 26.0 Å². The van der Waals surface area contributed by atoms with Crippen molar-refractivity contribution in [1.29, 1.82) is 0 Å². The molecule has 0 radical (unpaired) electrons. The van der Waals surface area contributed by atoms with Gasteiger partial charge in [0.25, 0.3) is 0 Å². The predicted molar refractivity (Wildman–Crippen MR) is 101 cm³/mol. The number of aromatic nitrogens is 6. The summed E-state index contributed by atoms with van der Waals surface area (Å²) < 4.78 is 4.26. The Morgan fingerprint density at radius 3 is 2.84 bits per heavy atom. The molecule has 0 aliphatic carbocycles. The summed E-state index contributed by atoms with van der Waals surface area (Å²) in [6.07, 6.45) is 4.73. The van der Waals surface area contributed by atoms with Gasteiger partial charge in [-0.25, -0.2) is 4.98 Å². The van der Waals surface area contributed by atoms with E-state index in [0.717, 1.165) is 49.0 Å². The number of nitrogens with zero attached hydrogens (tertiary/aromatic N) is 5. The minimum absolute atomic E-state index is 0. The topological polar surface area (TPSA) is 76.3 Å². The minimum Gasteiger partial charge on any atom is -0.326 e. The van der Waals surface area contributed by atoms with Crippen molar-refractivity contribution in [1.82, 2.24) is 34.8 Å². The lowest BCUT2D eigenvalue weighted by Crippen LogP contribution is -2.28. The Balaban J connectivity index is 0.00000113. The zero-order chi connectivity index (χ0) is 15.8. The van der Waals surface area contributed by atoms with Gasteiger partial charge in [0.2, 0.25) is 0 Å². The first kappa shape index (κ1) is 19.5. The second-order valence-electron chi connectivity index (χ2n) is 6.17. The fourth-order valence-corrected chi connectivity index (χ4v) is 3.15. The third kappa shape index (κ3) is 3.89. The van der Waals surface area contributed by atoms with E-state index in [-0.39, 0.29) is 30.9 Å². The van der Waals surface area contributed by atoms with Crippen molar-refractivity contribution in [3.8, 4) is 11.5 Å². The van der Waals surface area contributed by atoms with E-state index < -0.39 is 0 Å². The van der Waals surface area contributed by atoms with Crippen LogP contribution in [0.4, 0.5) is 0 Å². The van der Waals surface area contributed by atoms with Gasteiger partial charge in [-0.15, -0.1) is 24.8 Å². The lowest BCUT2D eigenvalue weighted by Gasteiger charge is -2.14. The highest BCUT2D eigenvalue weighted by atomic mass is 35.5. The van der Waals surface area contributed by atoms with Crippen molar-refractivity contribution in [3.63, 3.8) is 0 Å². The largest absolute Gasteiger partial charge is 0.326 e. The molecule has 0 saturated carbocycles. The maximum atomic E-state index is 4.72. The highest BCUT2D eigenvalue weighted by molar-refractivity contribution is 5.85. The average Bonchev–Trinajstić information content (AvgIpc) is 3.24. The van der Waals surface area contributed by atoms with Gasteiger partial charge >= 0.3 is 0 Å². The van der Waals surface area contributed by atoms with Crippen LogP contribution in [-0.2, 0) is 19.5 Å². The molecule has 2 N–H and O–H groups in total. The molecule has 0 saturated heterocycles. The number of H-pyrrole nitrogens is 1. The van der Waals surface area contributed by atoms with Crippen molar-refractivity contribution in [2.75, 3.05) is 6.54 Å². The van der Waals surface area contributed by atoms with Crippen LogP contribution in [0.15, 0.2) is 24.5 Å². The number of aryl methyl sites for hydroxylation is 1. The number of hydrogen-bond donors (Lipinski definition) is 2. The van der Waals surface area contributed by atoms with Crippen LogP contribution in [0.25, 0.3) is 11.5 Å². The maximum absolute atomic E-state index is 4.72. The Bertz CT molecular complexity index is 797. The smallest absolute Gasteiger partial charge is 0.160 e. The molecule has 1 unspecified atom stereocenters. The van der Waals surface area contributed by atoms with Gasteiger partial charge in [0.15, 0.2) is 5.82 Å². The molecule has 9 heteroatoms. The summed E-state index contributed by atoms with van der Waals surface area (Å²) in [5.74, 6) is 0.923. The first-order valence-electron chi connectivity index (χ1n) is 8.02. The van der Waals surface area contributed by atoms with Crippen LogP contribution in [0.2, 0.25) is 0 Å². The quantitative estimate of drug-likeness (QED) is 0.725. The van der Waals surface area contributed by atoms with E-state index in [4.69, 9.17) is 5.10 Å². The van der Waals surface area contributed by atoms with Crippen molar-refractivity contribution >= 4 is 24.8 Å². The van der Waals surface area contributed by atoms with Crippen LogP contribution in [0.5, 0.6) is 0 Å². The lowest BCUT2D eigenvalue weighted by atomic mass is 10.1. The summed E-state index contributed by atoms with van der Waals surface area (Å²) >= 11 is 0. The van der Waals surface area contributed by atoms with Crippen LogP contribution >= 0.6 is 24.8 Å². The zero-order valence-electron chi connectivity index (χ0n) is 14.3. The Morgan fingerprint density at radius 2 is 2.12 bits per heavy atom. The molecule has 136 valence electrons. The molecule has 0 fully saturated rings. The summed E-state index contributed by atoms with van der Waals surface area (Å²) in [6.45, 7) is 6.96. The van der Waals surface area contributed by atoms with E-state index in [1.807, 2.05) is 19.3 Å². The summed E-state index contributed by atoms with van der Waals surface area (Å²) in [5.41, 5.74) is 4.32. The number of hydrogen-bond acceptors (Lipinski definition) is 4. The first-order chi connectivity index (χ1) is 11.2. The lowest BCUT2D eigenvalue weighted by molar-refractivity contribution is 0.475. The van der Waals surface area contributed by atoms with Gasteiger partial charge < -0.3 is 9.88 Å². The van der Waals surface area contributed by atoms with Crippen LogP contribution in [0.1, 0.15) is 30.0 Å². The zero-order valence-corrected chi connectivity index (χ0v) is 15.9. The molecule has 1 atom stereocenters. The van der Waals surface area contributed by atoms with Gasteiger partial charge in [0, 0.05) is 43.6 Å². The summed E-state index contributed by atoms with van der Waals surface area (Å²) in [6, 6.07) is 4.50.